The quantitative estimate of drug-likeness (QED) is 0.604. The van der Waals surface area contributed by atoms with Crippen LogP contribution >= 0.6 is 0 Å². The molecule has 0 bridgehead atoms. The molecule has 1 heterocycles. The summed E-state index contributed by atoms with van der Waals surface area (Å²) in [6, 6.07) is 0. The third-order valence-electron chi connectivity index (χ3n) is 2.43. The number of rotatable bonds is 3. The van der Waals surface area contributed by atoms with Gasteiger partial charge in [-0.2, -0.15) is 0 Å². The summed E-state index contributed by atoms with van der Waals surface area (Å²) in [5.41, 5.74) is 0. The highest BCUT2D eigenvalue weighted by molar-refractivity contribution is 4.94. The Morgan fingerprint density at radius 2 is 2.17 bits per heavy atom. The van der Waals surface area contributed by atoms with Crippen LogP contribution in [0.15, 0.2) is 12.4 Å². The van der Waals surface area contributed by atoms with Crippen molar-refractivity contribution in [1.29, 1.82) is 0 Å². The van der Waals surface area contributed by atoms with Crippen LogP contribution in [0.25, 0.3) is 0 Å². The molecule has 12 heavy (non-hydrogen) atoms. The van der Waals surface area contributed by atoms with Gasteiger partial charge in [-0.1, -0.05) is 13.3 Å². The van der Waals surface area contributed by atoms with Gasteiger partial charge in [0.2, 0.25) is 0 Å². The highest BCUT2D eigenvalue weighted by Gasteiger charge is 2.17. The average molecular weight is 169 g/mol. The molecule has 1 rings (SSSR count). The van der Waals surface area contributed by atoms with Gasteiger partial charge in [0.1, 0.15) is 0 Å². The van der Waals surface area contributed by atoms with Crippen molar-refractivity contribution in [2.75, 3.05) is 13.6 Å². The molecular formula is C9H17N2O-. The van der Waals surface area contributed by atoms with Crippen molar-refractivity contribution in [1.82, 2.24) is 9.80 Å². The Kier molecular flexibility index (Phi) is 2.98. The zero-order chi connectivity index (χ0) is 9.14. The van der Waals surface area contributed by atoms with Crippen LogP contribution in [-0.4, -0.2) is 35.7 Å². The maximum absolute atomic E-state index is 11.2. The predicted octanol–water partition coefficient (Wildman–Crippen LogP) is 0.190. The van der Waals surface area contributed by atoms with Gasteiger partial charge in [-0.25, -0.2) is 0 Å². The highest BCUT2D eigenvalue weighted by atomic mass is 16.3. The van der Waals surface area contributed by atoms with E-state index in [9.17, 15) is 5.11 Å². The number of hydrogen-bond acceptors (Lipinski definition) is 3. The summed E-state index contributed by atoms with van der Waals surface area (Å²) in [4.78, 5) is 4.18. The molecule has 0 aromatic rings. The van der Waals surface area contributed by atoms with Gasteiger partial charge >= 0.3 is 0 Å². The van der Waals surface area contributed by atoms with E-state index >= 15 is 0 Å². The van der Waals surface area contributed by atoms with Crippen LogP contribution in [0.4, 0.5) is 0 Å². The van der Waals surface area contributed by atoms with Crippen LogP contribution in [0.1, 0.15) is 20.3 Å². The van der Waals surface area contributed by atoms with E-state index in [1.807, 2.05) is 26.4 Å². The Bertz CT molecular complexity index is 170. The number of hydrogen-bond donors (Lipinski definition) is 0. The zero-order valence-corrected chi connectivity index (χ0v) is 8.03. The molecule has 0 radical (unpaired) electrons. The Morgan fingerprint density at radius 3 is 2.58 bits per heavy atom. The van der Waals surface area contributed by atoms with E-state index in [1.165, 1.54) is 0 Å². The normalized spacial score (nSPS) is 25.2. The minimum atomic E-state index is -0.455. The Morgan fingerprint density at radius 1 is 1.50 bits per heavy atom. The second-order valence-electron chi connectivity index (χ2n) is 3.32. The monoisotopic (exact) mass is 169 g/mol. The summed E-state index contributed by atoms with van der Waals surface area (Å²) in [6.45, 7) is 4.66. The molecule has 0 fully saturated rings. The van der Waals surface area contributed by atoms with Crippen molar-refractivity contribution >= 4 is 0 Å². The lowest BCUT2D eigenvalue weighted by Crippen LogP contribution is -2.42. The molecule has 0 spiro atoms. The SMILES string of the molecule is CCC([O-])CN1C=CN(C)C1C. The van der Waals surface area contributed by atoms with Gasteiger partial charge in [0.05, 0.1) is 6.17 Å². The highest BCUT2D eigenvalue weighted by Crippen LogP contribution is 2.12. The van der Waals surface area contributed by atoms with Gasteiger partial charge < -0.3 is 14.9 Å². The van der Waals surface area contributed by atoms with E-state index in [2.05, 4.69) is 16.7 Å². The molecule has 0 N–H and O–H groups in total. The molecule has 0 aliphatic carbocycles. The van der Waals surface area contributed by atoms with E-state index in [4.69, 9.17) is 0 Å². The van der Waals surface area contributed by atoms with E-state index in [1.54, 1.807) is 0 Å². The van der Waals surface area contributed by atoms with Crippen LogP contribution in [-0.2, 0) is 0 Å². The van der Waals surface area contributed by atoms with Gasteiger partial charge in [0.25, 0.3) is 0 Å². The van der Waals surface area contributed by atoms with Crippen LogP contribution in [0, 0.1) is 0 Å². The van der Waals surface area contributed by atoms with Gasteiger partial charge in [0.15, 0.2) is 0 Å². The molecule has 3 nitrogen and oxygen atoms in total. The predicted molar refractivity (Wildman–Crippen MR) is 47.2 cm³/mol. The summed E-state index contributed by atoms with van der Waals surface area (Å²) in [5.74, 6) is 0. The summed E-state index contributed by atoms with van der Waals surface area (Å²) < 4.78 is 0. The molecule has 0 saturated carbocycles. The Balaban J connectivity index is 2.39. The molecule has 0 amide bonds. The van der Waals surface area contributed by atoms with Crippen molar-refractivity contribution in [2.24, 2.45) is 0 Å². The van der Waals surface area contributed by atoms with Crippen molar-refractivity contribution in [3.8, 4) is 0 Å². The standard InChI is InChI=1S/C9H17N2O/c1-4-9(12)7-11-6-5-10(3)8(11)2/h5-6,8-9H,4,7H2,1-3H3/q-1. The van der Waals surface area contributed by atoms with Crippen LogP contribution in [0.3, 0.4) is 0 Å². The van der Waals surface area contributed by atoms with Crippen molar-refractivity contribution < 1.29 is 5.11 Å². The third-order valence-corrected chi connectivity index (χ3v) is 2.43. The summed E-state index contributed by atoms with van der Waals surface area (Å²) in [5, 5.41) is 11.2. The van der Waals surface area contributed by atoms with Gasteiger partial charge in [-0.05, 0) is 6.92 Å². The van der Waals surface area contributed by atoms with Gasteiger partial charge in [-0.3, -0.25) is 0 Å². The second kappa shape index (κ2) is 3.81. The Hall–Kier alpha value is -0.700. The van der Waals surface area contributed by atoms with E-state index in [-0.39, 0.29) is 0 Å². The lowest BCUT2D eigenvalue weighted by Gasteiger charge is -2.32. The van der Waals surface area contributed by atoms with Crippen molar-refractivity contribution in [3.63, 3.8) is 0 Å². The topological polar surface area (TPSA) is 29.5 Å². The van der Waals surface area contributed by atoms with Gasteiger partial charge in [-0.15, -0.1) is 6.10 Å². The lowest BCUT2D eigenvalue weighted by atomic mass is 10.2. The maximum atomic E-state index is 11.2. The average Bonchev–Trinajstić information content (AvgIpc) is 2.36. The molecule has 0 aromatic carbocycles. The van der Waals surface area contributed by atoms with Crippen molar-refractivity contribution in [2.45, 2.75) is 32.5 Å². The molecule has 1 aliphatic heterocycles. The van der Waals surface area contributed by atoms with E-state index in [0.29, 0.717) is 19.1 Å². The fourth-order valence-electron chi connectivity index (χ4n) is 1.25. The van der Waals surface area contributed by atoms with Crippen molar-refractivity contribution in [3.05, 3.63) is 12.4 Å². The summed E-state index contributed by atoms with van der Waals surface area (Å²) in [7, 11) is 2.02. The second-order valence-corrected chi connectivity index (χ2v) is 3.32. The largest absolute Gasteiger partial charge is 0.851 e. The molecule has 0 saturated heterocycles. The molecule has 2 atom stereocenters. The minimum Gasteiger partial charge on any atom is -0.851 e. The molecule has 70 valence electrons. The molecule has 1 aliphatic rings. The number of nitrogens with zero attached hydrogens (tertiary/aromatic N) is 2. The molecule has 3 heteroatoms. The molecule has 0 aromatic heterocycles. The summed E-state index contributed by atoms with van der Waals surface area (Å²) >= 11 is 0. The first kappa shape index (κ1) is 9.39. The third kappa shape index (κ3) is 1.91. The smallest absolute Gasteiger partial charge is 0.0974 e. The first-order valence-electron chi connectivity index (χ1n) is 4.47. The van der Waals surface area contributed by atoms with E-state index in [0.717, 1.165) is 0 Å². The fraction of sp³-hybridized carbons (Fsp3) is 0.778. The van der Waals surface area contributed by atoms with E-state index < -0.39 is 6.10 Å². The molecule has 2 unspecified atom stereocenters. The minimum absolute atomic E-state index is 0.341. The van der Waals surface area contributed by atoms with Gasteiger partial charge in [0, 0.05) is 26.0 Å². The zero-order valence-electron chi connectivity index (χ0n) is 8.03. The Labute approximate surface area is 74.3 Å². The van der Waals surface area contributed by atoms with Crippen LogP contribution < -0.4 is 5.11 Å². The maximum Gasteiger partial charge on any atom is 0.0974 e. The van der Waals surface area contributed by atoms with Crippen LogP contribution in [0.5, 0.6) is 0 Å². The lowest BCUT2D eigenvalue weighted by molar-refractivity contribution is -0.421. The van der Waals surface area contributed by atoms with Crippen LogP contribution in [0.2, 0.25) is 0 Å². The first-order chi connectivity index (χ1) is 5.65. The molecular weight excluding hydrogens is 152 g/mol. The fourth-order valence-corrected chi connectivity index (χ4v) is 1.25. The first-order valence-corrected chi connectivity index (χ1v) is 4.47. The summed E-state index contributed by atoms with van der Waals surface area (Å²) in [6.07, 6.45) is 4.59.